The van der Waals surface area contributed by atoms with Gasteiger partial charge in [0.15, 0.2) is 11.5 Å². The number of nitrogens with two attached hydrogens (primary N) is 1. The van der Waals surface area contributed by atoms with Gasteiger partial charge in [-0.15, -0.1) is 0 Å². The Kier molecular flexibility index (Phi) is 8.05. The summed E-state index contributed by atoms with van der Waals surface area (Å²) in [4.78, 5) is 25.8. The summed E-state index contributed by atoms with van der Waals surface area (Å²) in [7, 11) is 1.45. The summed E-state index contributed by atoms with van der Waals surface area (Å²) in [6, 6.07) is 25.0. The molecule has 4 aromatic carbocycles. The Hall–Kier alpha value is -4.98. The van der Waals surface area contributed by atoms with E-state index >= 15 is 0 Å². The van der Waals surface area contributed by atoms with Crippen LogP contribution in [0.3, 0.4) is 0 Å². The molecule has 5 N–H and O–H groups in total. The van der Waals surface area contributed by atoms with Crippen molar-refractivity contribution >= 4 is 39.8 Å². The van der Waals surface area contributed by atoms with Crippen LogP contribution in [0.5, 0.6) is 11.5 Å². The highest BCUT2D eigenvalue weighted by Gasteiger charge is 2.33. The van der Waals surface area contributed by atoms with E-state index in [4.69, 9.17) is 15.2 Å². The molecular weight excluding hydrogens is 494 g/mol. The first-order valence-electron chi connectivity index (χ1n) is 12.3. The first-order chi connectivity index (χ1) is 18.7. The zero-order chi connectivity index (χ0) is 28.0. The lowest BCUT2D eigenvalue weighted by Gasteiger charge is -2.32. The number of nitrogen functional groups attached to an aromatic ring is 1. The Morgan fingerprint density at radius 1 is 0.923 bits per heavy atom. The second-order valence-electron chi connectivity index (χ2n) is 9.60. The van der Waals surface area contributed by atoms with Gasteiger partial charge in [0.05, 0.1) is 24.2 Å². The SMILES string of the molecule is COc1ccc([C@@H](OC(=O)Nc2cccc3ccccc23)C(C)(C)/C=C/C(=O)Nc2ccccc2N)cc1O. The number of carbonyl (C=O) groups is 2. The van der Waals surface area contributed by atoms with Crippen molar-refractivity contribution in [1.82, 2.24) is 0 Å². The van der Waals surface area contributed by atoms with Crippen molar-refractivity contribution in [3.05, 3.63) is 103 Å². The number of aromatic hydroxyl groups is 1. The zero-order valence-electron chi connectivity index (χ0n) is 22.0. The molecule has 0 heterocycles. The number of amides is 2. The first-order valence-corrected chi connectivity index (χ1v) is 12.3. The van der Waals surface area contributed by atoms with Crippen LogP contribution >= 0.6 is 0 Å². The van der Waals surface area contributed by atoms with Gasteiger partial charge in [-0.3, -0.25) is 10.1 Å². The molecule has 0 aliphatic carbocycles. The third-order valence-electron chi connectivity index (χ3n) is 6.32. The molecule has 8 nitrogen and oxygen atoms in total. The molecule has 0 radical (unpaired) electrons. The molecule has 0 unspecified atom stereocenters. The van der Waals surface area contributed by atoms with Crippen LogP contribution in [0.1, 0.15) is 25.5 Å². The summed E-state index contributed by atoms with van der Waals surface area (Å²) in [5.74, 6) is -0.210. The molecule has 0 aliphatic rings. The van der Waals surface area contributed by atoms with Gasteiger partial charge in [0.25, 0.3) is 0 Å². The summed E-state index contributed by atoms with van der Waals surface area (Å²) >= 11 is 0. The molecule has 200 valence electrons. The molecule has 0 fully saturated rings. The average molecular weight is 526 g/mol. The van der Waals surface area contributed by atoms with Crippen LogP contribution in [0.15, 0.2) is 97.1 Å². The number of para-hydroxylation sites is 2. The predicted molar refractivity (Wildman–Crippen MR) is 154 cm³/mol. The Balaban J connectivity index is 1.60. The Morgan fingerprint density at radius 2 is 1.62 bits per heavy atom. The zero-order valence-corrected chi connectivity index (χ0v) is 22.0. The molecule has 4 rings (SSSR count). The summed E-state index contributed by atoms with van der Waals surface area (Å²) in [5, 5.41) is 17.8. The van der Waals surface area contributed by atoms with E-state index in [0.29, 0.717) is 22.6 Å². The molecule has 0 saturated heterocycles. The molecule has 39 heavy (non-hydrogen) atoms. The highest BCUT2D eigenvalue weighted by atomic mass is 16.6. The molecule has 4 aromatic rings. The smallest absolute Gasteiger partial charge is 0.412 e. The van der Waals surface area contributed by atoms with Gasteiger partial charge < -0.3 is 25.6 Å². The summed E-state index contributed by atoms with van der Waals surface area (Å²) in [6.45, 7) is 3.65. The van der Waals surface area contributed by atoms with Gasteiger partial charge in [0.2, 0.25) is 5.91 Å². The van der Waals surface area contributed by atoms with Crippen molar-refractivity contribution in [2.45, 2.75) is 20.0 Å². The van der Waals surface area contributed by atoms with Crippen LogP contribution in [0.4, 0.5) is 21.9 Å². The second-order valence-corrected chi connectivity index (χ2v) is 9.60. The number of nitrogens with one attached hydrogen (secondary N) is 2. The summed E-state index contributed by atoms with van der Waals surface area (Å²) in [6.07, 6.45) is 1.46. The fraction of sp³-hybridized carbons (Fsp3) is 0.161. The Labute approximate surface area is 227 Å². The molecule has 2 amide bonds. The van der Waals surface area contributed by atoms with Gasteiger partial charge >= 0.3 is 6.09 Å². The van der Waals surface area contributed by atoms with E-state index in [1.807, 2.05) is 50.2 Å². The predicted octanol–water partition coefficient (Wildman–Crippen LogP) is 6.65. The quantitative estimate of drug-likeness (QED) is 0.151. The van der Waals surface area contributed by atoms with Gasteiger partial charge in [-0.2, -0.15) is 0 Å². The van der Waals surface area contributed by atoms with Crippen LogP contribution in [0.2, 0.25) is 0 Å². The number of phenols is 1. The van der Waals surface area contributed by atoms with Crippen LogP contribution in [-0.2, 0) is 9.53 Å². The minimum absolute atomic E-state index is 0.102. The van der Waals surface area contributed by atoms with E-state index in [9.17, 15) is 14.7 Å². The van der Waals surface area contributed by atoms with E-state index in [1.165, 1.54) is 19.3 Å². The lowest BCUT2D eigenvalue weighted by atomic mass is 9.82. The summed E-state index contributed by atoms with van der Waals surface area (Å²) < 4.78 is 11.1. The van der Waals surface area contributed by atoms with Crippen molar-refractivity contribution in [3.63, 3.8) is 0 Å². The van der Waals surface area contributed by atoms with Crippen LogP contribution in [-0.4, -0.2) is 24.2 Å². The first kappa shape index (κ1) is 27.1. The molecule has 1 atom stereocenters. The average Bonchev–Trinajstić information content (AvgIpc) is 2.92. The van der Waals surface area contributed by atoms with Gasteiger partial charge in [0, 0.05) is 10.8 Å². The van der Waals surface area contributed by atoms with Crippen molar-refractivity contribution in [2.24, 2.45) is 5.41 Å². The molecule has 0 spiro atoms. The van der Waals surface area contributed by atoms with Crippen molar-refractivity contribution in [2.75, 3.05) is 23.5 Å². The highest BCUT2D eigenvalue weighted by molar-refractivity contribution is 6.01. The third-order valence-corrected chi connectivity index (χ3v) is 6.32. The van der Waals surface area contributed by atoms with E-state index in [2.05, 4.69) is 10.6 Å². The largest absolute Gasteiger partial charge is 0.504 e. The van der Waals surface area contributed by atoms with Gasteiger partial charge in [-0.05, 0) is 47.4 Å². The maximum absolute atomic E-state index is 13.2. The monoisotopic (exact) mass is 525 g/mol. The third kappa shape index (κ3) is 6.48. The van der Waals surface area contributed by atoms with Crippen LogP contribution < -0.4 is 21.1 Å². The van der Waals surface area contributed by atoms with E-state index in [0.717, 1.165) is 10.8 Å². The molecule has 0 saturated carbocycles. The minimum atomic E-state index is -0.880. The van der Waals surface area contributed by atoms with Crippen LogP contribution in [0, 0.1) is 5.41 Å². The second kappa shape index (κ2) is 11.6. The number of methoxy groups -OCH3 is 1. The molecular formula is C31H31N3O5. The number of phenolic OH excluding ortho intramolecular Hbond substituents is 1. The lowest BCUT2D eigenvalue weighted by Crippen LogP contribution is -2.28. The highest BCUT2D eigenvalue weighted by Crippen LogP contribution is 2.41. The van der Waals surface area contributed by atoms with Gasteiger partial charge in [0.1, 0.15) is 6.10 Å². The number of benzene rings is 4. The molecule has 0 aliphatic heterocycles. The maximum atomic E-state index is 13.2. The topological polar surface area (TPSA) is 123 Å². The fourth-order valence-corrected chi connectivity index (χ4v) is 4.26. The number of hydrogen-bond donors (Lipinski definition) is 4. The molecule has 0 aromatic heterocycles. The van der Waals surface area contributed by atoms with Crippen molar-refractivity contribution < 1.29 is 24.2 Å². The number of fused-ring (bicyclic) bond motifs is 1. The minimum Gasteiger partial charge on any atom is -0.504 e. The van der Waals surface area contributed by atoms with E-state index in [1.54, 1.807) is 48.5 Å². The lowest BCUT2D eigenvalue weighted by molar-refractivity contribution is -0.112. The van der Waals surface area contributed by atoms with E-state index in [-0.39, 0.29) is 11.5 Å². The number of carbonyl (C=O) groups excluding carboxylic acids is 2. The number of anilines is 3. The van der Waals surface area contributed by atoms with E-state index < -0.39 is 23.5 Å². The van der Waals surface area contributed by atoms with Crippen molar-refractivity contribution in [1.29, 1.82) is 0 Å². The van der Waals surface area contributed by atoms with Crippen molar-refractivity contribution in [3.8, 4) is 11.5 Å². The number of hydrogen-bond acceptors (Lipinski definition) is 6. The Bertz CT molecular complexity index is 1520. The van der Waals surface area contributed by atoms with Gasteiger partial charge in [-0.25, -0.2) is 4.79 Å². The Morgan fingerprint density at radius 3 is 2.36 bits per heavy atom. The van der Waals surface area contributed by atoms with Gasteiger partial charge in [-0.1, -0.05) is 74.5 Å². The molecule has 0 bridgehead atoms. The number of ether oxygens (including phenoxy) is 2. The maximum Gasteiger partial charge on any atom is 0.412 e. The standard InChI is InChI=1S/C31H31N3O5/c1-31(2,18-17-28(36)33-25-13-7-6-12-23(25)32)29(21-15-16-27(38-3)26(35)19-21)39-30(37)34-24-14-8-10-20-9-4-5-11-22(20)24/h4-19,29,35H,32H2,1-3H3,(H,33,36)(H,34,37)/b18-17+/t29-/m1/s1. The summed E-state index contributed by atoms with van der Waals surface area (Å²) in [5.41, 5.74) is 7.10. The fourth-order valence-electron chi connectivity index (χ4n) is 4.26. The number of rotatable bonds is 8. The normalized spacial score (nSPS) is 12.2. The van der Waals surface area contributed by atoms with Crippen LogP contribution in [0.25, 0.3) is 10.8 Å². The molecule has 8 heteroatoms.